The summed E-state index contributed by atoms with van der Waals surface area (Å²) >= 11 is 0. The summed E-state index contributed by atoms with van der Waals surface area (Å²) in [7, 11) is -3.89. The number of hydrogen-bond acceptors (Lipinski definition) is 4. The van der Waals surface area contributed by atoms with Crippen LogP contribution in [-0.4, -0.2) is 0 Å². The summed E-state index contributed by atoms with van der Waals surface area (Å²) < 4.78 is 29.6. The molecule has 0 saturated carbocycles. The van der Waals surface area contributed by atoms with Crippen LogP contribution in [0.25, 0.3) is 0 Å². The molecule has 0 saturated heterocycles. The maximum absolute atomic E-state index is 13.1. The lowest BCUT2D eigenvalue weighted by Gasteiger charge is -2.19. The van der Waals surface area contributed by atoms with Crippen molar-refractivity contribution in [2.75, 3.05) is 0 Å². The quantitative estimate of drug-likeness (QED) is 0.316. The van der Waals surface area contributed by atoms with Crippen molar-refractivity contribution in [3.05, 3.63) is 91.0 Å². The van der Waals surface area contributed by atoms with Crippen molar-refractivity contribution in [1.29, 1.82) is 0 Å². The second-order valence-electron chi connectivity index (χ2n) is 9.86. The Labute approximate surface area is 214 Å². The molecule has 0 fully saturated rings. The van der Waals surface area contributed by atoms with Gasteiger partial charge in [-0.2, -0.15) is 4.57 Å². The fourth-order valence-corrected chi connectivity index (χ4v) is 3.14. The molecule has 5 heteroatoms. The monoisotopic (exact) mass is 500 g/mol. The molecule has 0 radical (unpaired) electrons. The van der Waals surface area contributed by atoms with E-state index in [1.807, 2.05) is 18.2 Å². The van der Waals surface area contributed by atoms with E-state index in [4.69, 9.17) is 13.6 Å². The minimum atomic E-state index is -3.89. The molecule has 0 N–H and O–H groups in total. The number of rotatable bonds is 6. The molecule has 35 heavy (non-hydrogen) atoms. The van der Waals surface area contributed by atoms with Crippen LogP contribution in [0.15, 0.2) is 91.0 Å². The fourth-order valence-electron chi connectivity index (χ4n) is 1.89. The highest BCUT2D eigenvalue weighted by Crippen LogP contribution is 2.49. The van der Waals surface area contributed by atoms with Gasteiger partial charge in [0.2, 0.25) is 0 Å². The van der Waals surface area contributed by atoms with Crippen molar-refractivity contribution in [2.24, 2.45) is 17.8 Å². The molecule has 4 nitrogen and oxygen atoms in total. The van der Waals surface area contributed by atoms with E-state index >= 15 is 0 Å². The fraction of sp³-hybridized carbons (Fsp3) is 0.400. The van der Waals surface area contributed by atoms with Crippen LogP contribution in [0.4, 0.5) is 0 Å². The second-order valence-corrected chi connectivity index (χ2v) is 11.3. The molecule has 0 aliphatic rings. The predicted octanol–water partition coefficient (Wildman–Crippen LogP) is 10.3. The largest absolute Gasteiger partial charge is 0.647 e. The Kier molecular flexibility index (Phi) is 17.2. The third kappa shape index (κ3) is 20.4. The van der Waals surface area contributed by atoms with Gasteiger partial charge in [-0.3, -0.25) is 0 Å². The maximum Gasteiger partial charge on any atom is 0.647 e. The SMILES string of the molecule is CC(C)C.CC(C)C.CC(C)C.O=P(Oc1ccccc1)(Oc1ccccc1)Oc1ccccc1. The Morgan fingerprint density at radius 3 is 0.771 bits per heavy atom. The van der Waals surface area contributed by atoms with E-state index in [2.05, 4.69) is 62.3 Å². The normalized spacial score (nSPS) is 10.2. The molecular formula is C30H45O4P. The molecule has 0 amide bonds. The third-order valence-corrected chi connectivity index (χ3v) is 4.18. The van der Waals surface area contributed by atoms with Crippen LogP contribution in [-0.2, 0) is 4.57 Å². The van der Waals surface area contributed by atoms with Crippen LogP contribution in [0.2, 0.25) is 0 Å². The molecule has 3 aromatic rings. The lowest BCUT2D eigenvalue weighted by atomic mass is 10.3. The highest BCUT2D eigenvalue weighted by molar-refractivity contribution is 7.49. The van der Waals surface area contributed by atoms with Crippen LogP contribution >= 0.6 is 7.82 Å². The minimum absolute atomic E-state index is 0.405. The van der Waals surface area contributed by atoms with Gasteiger partial charge in [-0.05, 0) is 54.2 Å². The summed E-state index contributed by atoms with van der Waals surface area (Å²) in [6.07, 6.45) is 0. The van der Waals surface area contributed by atoms with E-state index in [1.54, 1.807) is 72.8 Å². The Morgan fingerprint density at radius 2 is 0.600 bits per heavy atom. The Morgan fingerprint density at radius 1 is 0.429 bits per heavy atom. The molecule has 3 rings (SSSR count). The number of benzene rings is 3. The standard InChI is InChI=1S/C18H15O4P.3C4H10/c19-23(20-16-10-4-1-5-11-16,21-17-12-6-2-7-13-17)22-18-14-8-3-9-15-18;3*1-4(2)3/h1-15H;3*4H,1-3H3. The van der Waals surface area contributed by atoms with E-state index in [-0.39, 0.29) is 0 Å². The van der Waals surface area contributed by atoms with Crippen molar-refractivity contribution in [3.63, 3.8) is 0 Å². The van der Waals surface area contributed by atoms with E-state index < -0.39 is 7.82 Å². The van der Waals surface area contributed by atoms with Crippen LogP contribution in [0.5, 0.6) is 17.2 Å². The Hall–Kier alpha value is -2.71. The maximum atomic E-state index is 13.1. The molecule has 0 unspecified atom stereocenters. The van der Waals surface area contributed by atoms with Gasteiger partial charge in [0.15, 0.2) is 0 Å². The number of phosphoric ester groups is 1. The highest BCUT2D eigenvalue weighted by Gasteiger charge is 2.33. The van der Waals surface area contributed by atoms with Gasteiger partial charge < -0.3 is 13.6 Å². The van der Waals surface area contributed by atoms with Crippen LogP contribution < -0.4 is 13.6 Å². The second kappa shape index (κ2) is 18.6. The topological polar surface area (TPSA) is 44.8 Å². The minimum Gasteiger partial charge on any atom is -0.386 e. The molecule has 0 aliphatic carbocycles. The molecular weight excluding hydrogens is 455 g/mol. The van der Waals surface area contributed by atoms with E-state index in [1.165, 1.54) is 0 Å². The summed E-state index contributed by atoms with van der Waals surface area (Å²) in [6.45, 7) is 19.5. The number of para-hydroxylation sites is 3. The highest BCUT2D eigenvalue weighted by atomic mass is 31.2. The van der Waals surface area contributed by atoms with Gasteiger partial charge in [-0.15, -0.1) is 0 Å². The molecule has 194 valence electrons. The van der Waals surface area contributed by atoms with Crippen LogP contribution in [0, 0.1) is 17.8 Å². The van der Waals surface area contributed by atoms with Gasteiger partial charge in [-0.25, -0.2) is 0 Å². The van der Waals surface area contributed by atoms with Crippen molar-refractivity contribution in [1.82, 2.24) is 0 Å². The average Bonchev–Trinajstić information content (AvgIpc) is 2.74. The zero-order valence-corrected chi connectivity index (χ0v) is 23.9. The van der Waals surface area contributed by atoms with Gasteiger partial charge in [0, 0.05) is 0 Å². The van der Waals surface area contributed by atoms with Gasteiger partial charge in [0.25, 0.3) is 0 Å². The third-order valence-electron chi connectivity index (χ3n) is 2.88. The Balaban J connectivity index is 0.000000807. The van der Waals surface area contributed by atoms with Crippen molar-refractivity contribution >= 4 is 7.82 Å². The molecule has 0 spiro atoms. The van der Waals surface area contributed by atoms with Gasteiger partial charge in [0.05, 0.1) is 0 Å². The molecule has 0 aliphatic heterocycles. The predicted molar refractivity (Wildman–Crippen MR) is 150 cm³/mol. The molecule has 0 heterocycles. The zero-order chi connectivity index (χ0) is 26.7. The first-order valence-corrected chi connectivity index (χ1v) is 13.7. The summed E-state index contributed by atoms with van der Waals surface area (Å²) in [6, 6.07) is 26.4. The van der Waals surface area contributed by atoms with Gasteiger partial charge in [0.1, 0.15) is 17.2 Å². The Bertz CT molecular complexity index is 780. The summed E-state index contributed by atoms with van der Waals surface area (Å²) in [4.78, 5) is 0. The van der Waals surface area contributed by atoms with Gasteiger partial charge >= 0.3 is 7.82 Å². The molecule has 0 bridgehead atoms. The lowest BCUT2D eigenvalue weighted by molar-refractivity contribution is 0.298. The first kappa shape index (κ1) is 32.3. The van der Waals surface area contributed by atoms with Crippen molar-refractivity contribution in [2.45, 2.75) is 62.3 Å². The number of hydrogen-bond donors (Lipinski definition) is 0. The molecule has 0 aromatic heterocycles. The average molecular weight is 501 g/mol. The van der Waals surface area contributed by atoms with E-state index in [0.717, 1.165) is 17.8 Å². The van der Waals surface area contributed by atoms with E-state index in [0.29, 0.717) is 17.2 Å². The zero-order valence-electron chi connectivity index (χ0n) is 23.0. The summed E-state index contributed by atoms with van der Waals surface area (Å²) in [5.74, 6) is 3.72. The lowest BCUT2D eigenvalue weighted by Crippen LogP contribution is -2.07. The smallest absolute Gasteiger partial charge is 0.386 e. The van der Waals surface area contributed by atoms with Gasteiger partial charge in [-0.1, -0.05) is 117 Å². The first-order chi connectivity index (χ1) is 16.4. The molecule has 0 atom stereocenters. The van der Waals surface area contributed by atoms with Crippen LogP contribution in [0.1, 0.15) is 62.3 Å². The summed E-state index contributed by atoms with van der Waals surface area (Å²) in [5.41, 5.74) is 0. The summed E-state index contributed by atoms with van der Waals surface area (Å²) in [5, 5.41) is 0. The van der Waals surface area contributed by atoms with Crippen LogP contribution in [0.3, 0.4) is 0 Å². The van der Waals surface area contributed by atoms with Crippen molar-refractivity contribution < 1.29 is 18.1 Å². The number of phosphoric acid groups is 1. The van der Waals surface area contributed by atoms with Crippen molar-refractivity contribution in [3.8, 4) is 17.2 Å². The molecule has 3 aromatic carbocycles. The van der Waals surface area contributed by atoms with E-state index in [9.17, 15) is 4.57 Å². The first-order valence-electron chi connectivity index (χ1n) is 12.3.